The molecule has 3 rings (SSSR count). The van der Waals surface area contributed by atoms with Crippen LogP contribution in [0.1, 0.15) is 44.6 Å². The first-order chi connectivity index (χ1) is 12.8. The first-order valence-corrected chi connectivity index (χ1v) is 10.1. The molecule has 0 saturated heterocycles. The minimum absolute atomic E-state index is 0.118. The molecule has 5 heteroatoms. The Kier molecular flexibility index (Phi) is 6.11. The van der Waals surface area contributed by atoms with E-state index in [1.807, 2.05) is 32.4 Å². The van der Waals surface area contributed by atoms with Crippen molar-refractivity contribution < 1.29 is 15.1 Å². The lowest BCUT2D eigenvalue weighted by Gasteiger charge is -2.48. The van der Waals surface area contributed by atoms with Crippen LogP contribution in [0.2, 0.25) is 0 Å². The quantitative estimate of drug-likeness (QED) is 0.436. The lowest BCUT2D eigenvalue weighted by atomic mass is 9.59. The molecule has 0 heterocycles. The third-order valence-electron chi connectivity index (χ3n) is 6.85. The van der Waals surface area contributed by atoms with Crippen molar-refractivity contribution in [2.24, 2.45) is 22.4 Å². The van der Waals surface area contributed by atoms with Gasteiger partial charge in [-0.15, -0.1) is 0 Å². The number of likely N-dealkylation sites (N-methyl/N-ethyl adjacent to an activating group) is 1. The Labute approximate surface area is 163 Å². The summed E-state index contributed by atoms with van der Waals surface area (Å²) in [5.41, 5.74) is 0.496. The molecule has 2 N–H and O–H groups in total. The monoisotopic (exact) mass is 374 g/mol. The van der Waals surface area contributed by atoms with Gasteiger partial charge in [-0.2, -0.15) is 0 Å². The van der Waals surface area contributed by atoms with Crippen molar-refractivity contribution >= 4 is 6.21 Å². The van der Waals surface area contributed by atoms with Crippen LogP contribution in [0.25, 0.3) is 0 Å². The van der Waals surface area contributed by atoms with E-state index in [0.29, 0.717) is 18.3 Å². The number of fused-ring (bicyclic) bond motifs is 1. The lowest BCUT2D eigenvalue weighted by molar-refractivity contribution is -0.106. The van der Waals surface area contributed by atoms with Gasteiger partial charge >= 0.3 is 0 Å². The highest BCUT2D eigenvalue weighted by Crippen LogP contribution is 2.58. The molecule has 5 nitrogen and oxygen atoms in total. The van der Waals surface area contributed by atoms with Gasteiger partial charge in [0.1, 0.15) is 12.4 Å². The van der Waals surface area contributed by atoms with E-state index in [2.05, 4.69) is 17.0 Å². The fourth-order valence-corrected chi connectivity index (χ4v) is 4.95. The molecule has 150 valence electrons. The number of hydrogen-bond acceptors (Lipinski definition) is 5. The number of aliphatic hydroxyl groups is 1. The average Bonchev–Trinajstić information content (AvgIpc) is 2.87. The number of benzene rings is 1. The van der Waals surface area contributed by atoms with E-state index in [9.17, 15) is 10.2 Å². The van der Waals surface area contributed by atoms with E-state index < -0.39 is 5.60 Å². The Bertz CT molecular complexity index is 645. The summed E-state index contributed by atoms with van der Waals surface area (Å²) in [5, 5.41) is 25.1. The maximum Gasteiger partial charge on any atom is 0.129 e. The van der Waals surface area contributed by atoms with Crippen LogP contribution in [0, 0.1) is 17.3 Å². The van der Waals surface area contributed by atoms with Crippen LogP contribution < -0.4 is 0 Å². The van der Waals surface area contributed by atoms with Crippen LogP contribution in [0.15, 0.2) is 29.4 Å². The Balaban J connectivity index is 1.58. The third-order valence-corrected chi connectivity index (χ3v) is 6.85. The first-order valence-electron chi connectivity index (χ1n) is 10.1. The van der Waals surface area contributed by atoms with E-state index >= 15 is 0 Å². The van der Waals surface area contributed by atoms with Gasteiger partial charge in [-0.25, -0.2) is 0 Å². The summed E-state index contributed by atoms with van der Waals surface area (Å²) in [4.78, 5) is 7.47. The summed E-state index contributed by atoms with van der Waals surface area (Å²) in [6.45, 7) is 3.67. The number of hydrogen-bond donors (Lipinski definition) is 2. The van der Waals surface area contributed by atoms with Crippen LogP contribution >= 0.6 is 0 Å². The van der Waals surface area contributed by atoms with Crippen LogP contribution in [0.5, 0.6) is 5.75 Å². The van der Waals surface area contributed by atoms with Gasteiger partial charge in [0.05, 0.1) is 5.60 Å². The van der Waals surface area contributed by atoms with E-state index in [-0.39, 0.29) is 11.3 Å². The molecule has 2 fully saturated rings. The molecule has 0 radical (unpaired) electrons. The second kappa shape index (κ2) is 8.19. The normalized spacial score (nSPS) is 33.5. The van der Waals surface area contributed by atoms with Gasteiger partial charge in [-0.1, -0.05) is 24.2 Å². The summed E-state index contributed by atoms with van der Waals surface area (Å²) in [6.07, 6.45) is 7.69. The minimum Gasteiger partial charge on any atom is -0.508 e. The molecule has 4 atom stereocenters. The molecule has 1 aromatic rings. The highest BCUT2D eigenvalue weighted by molar-refractivity contribution is 5.62. The number of phenolic OH excluding ortho intramolecular Hbond substituents is 1. The molecule has 1 aromatic carbocycles. The molecule has 0 bridgehead atoms. The summed E-state index contributed by atoms with van der Waals surface area (Å²) in [7, 11) is 4.03. The van der Waals surface area contributed by atoms with Crippen molar-refractivity contribution in [2.45, 2.75) is 51.0 Å². The van der Waals surface area contributed by atoms with Crippen LogP contribution in [0.4, 0.5) is 0 Å². The predicted molar refractivity (Wildman–Crippen MR) is 108 cm³/mol. The highest BCUT2D eigenvalue weighted by Gasteiger charge is 2.58. The van der Waals surface area contributed by atoms with Gasteiger partial charge in [-0.05, 0) is 76.2 Å². The summed E-state index contributed by atoms with van der Waals surface area (Å²) in [5.74, 6) is 1.07. The van der Waals surface area contributed by atoms with Gasteiger partial charge in [-0.3, -0.25) is 0 Å². The van der Waals surface area contributed by atoms with E-state index in [0.717, 1.165) is 45.1 Å². The standard InChI is InChI=1S/C22H34N2O3/c1-21-10-8-18(14-17-4-6-20(25)7-5-17)15-22(21,26)11-9-19(21)16-23-27-13-12-24(2)3/h4-7,16,18-19,25-26H,8-15H2,1-3H3/t18-,19-,21-,22+/m1/s1. The topological polar surface area (TPSA) is 65.3 Å². The zero-order valence-corrected chi connectivity index (χ0v) is 16.9. The molecule has 0 spiro atoms. The number of nitrogens with zero attached hydrogens (tertiary/aromatic N) is 2. The average molecular weight is 375 g/mol. The van der Waals surface area contributed by atoms with Gasteiger partial charge in [0.25, 0.3) is 0 Å². The molecule has 2 aliphatic rings. The number of phenols is 1. The van der Waals surface area contributed by atoms with Crippen LogP contribution in [-0.2, 0) is 11.3 Å². The molecule has 0 aliphatic heterocycles. The van der Waals surface area contributed by atoms with Gasteiger partial charge < -0.3 is 20.0 Å². The molecule has 2 saturated carbocycles. The van der Waals surface area contributed by atoms with Gasteiger partial charge in [0, 0.05) is 24.1 Å². The summed E-state index contributed by atoms with van der Waals surface area (Å²) in [6, 6.07) is 7.47. The van der Waals surface area contributed by atoms with Crippen molar-refractivity contribution in [2.75, 3.05) is 27.2 Å². The highest BCUT2D eigenvalue weighted by atomic mass is 16.6. The fourth-order valence-electron chi connectivity index (χ4n) is 4.95. The van der Waals surface area contributed by atoms with Crippen molar-refractivity contribution in [3.05, 3.63) is 29.8 Å². The molecular formula is C22H34N2O3. The maximum absolute atomic E-state index is 11.5. The Morgan fingerprint density at radius 2 is 1.96 bits per heavy atom. The van der Waals surface area contributed by atoms with Crippen LogP contribution in [0.3, 0.4) is 0 Å². The first kappa shape index (κ1) is 20.2. The Hall–Kier alpha value is -1.59. The Morgan fingerprint density at radius 3 is 2.67 bits per heavy atom. The van der Waals surface area contributed by atoms with Crippen molar-refractivity contribution in [3.63, 3.8) is 0 Å². The molecule has 0 amide bonds. The molecular weight excluding hydrogens is 340 g/mol. The molecule has 0 aromatic heterocycles. The second-order valence-corrected chi connectivity index (χ2v) is 8.96. The third kappa shape index (κ3) is 4.46. The smallest absolute Gasteiger partial charge is 0.129 e. The zero-order chi connectivity index (χ0) is 19.5. The van der Waals surface area contributed by atoms with Gasteiger partial charge in [0.2, 0.25) is 0 Å². The zero-order valence-electron chi connectivity index (χ0n) is 16.9. The summed E-state index contributed by atoms with van der Waals surface area (Å²) >= 11 is 0. The second-order valence-electron chi connectivity index (χ2n) is 8.96. The maximum atomic E-state index is 11.5. The van der Waals surface area contributed by atoms with Crippen molar-refractivity contribution in [3.8, 4) is 5.75 Å². The minimum atomic E-state index is -0.618. The lowest BCUT2D eigenvalue weighted by Crippen LogP contribution is -2.50. The summed E-state index contributed by atoms with van der Waals surface area (Å²) < 4.78 is 0. The number of rotatable bonds is 7. The van der Waals surface area contributed by atoms with E-state index in [1.165, 1.54) is 5.56 Å². The van der Waals surface area contributed by atoms with E-state index in [1.54, 1.807) is 12.1 Å². The largest absolute Gasteiger partial charge is 0.508 e. The molecule has 0 unspecified atom stereocenters. The molecule has 2 aliphatic carbocycles. The predicted octanol–water partition coefficient (Wildman–Crippen LogP) is 3.45. The van der Waals surface area contributed by atoms with Gasteiger partial charge in [0.15, 0.2) is 0 Å². The number of oxime groups is 1. The van der Waals surface area contributed by atoms with Crippen molar-refractivity contribution in [1.82, 2.24) is 4.90 Å². The van der Waals surface area contributed by atoms with E-state index in [4.69, 9.17) is 4.84 Å². The SMILES string of the molecule is CN(C)CCON=C[C@H]1CC[C@]2(O)C[C@@H](Cc3ccc(O)cc3)CC[C@]12C. The van der Waals surface area contributed by atoms with Crippen molar-refractivity contribution in [1.29, 1.82) is 0 Å². The molecule has 27 heavy (non-hydrogen) atoms. The Morgan fingerprint density at radius 1 is 1.22 bits per heavy atom. The fraction of sp³-hybridized carbons (Fsp3) is 0.682. The number of aromatic hydroxyl groups is 1. The van der Waals surface area contributed by atoms with Crippen LogP contribution in [-0.4, -0.2) is 54.2 Å².